The third-order valence-corrected chi connectivity index (χ3v) is 4.10. The van der Waals surface area contributed by atoms with E-state index in [1.807, 2.05) is 6.07 Å². The van der Waals surface area contributed by atoms with Gasteiger partial charge in [-0.2, -0.15) is 13.2 Å². The van der Waals surface area contributed by atoms with Gasteiger partial charge in [-0.1, -0.05) is 6.07 Å². The number of ether oxygens (including phenoxy) is 1. The van der Waals surface area contributed by atoms with Gasteiger partial charge in [-0.3, -0.25) is 4.98 Å². The van der Waals surface area contributed by atoms with Crippen LogP contribution >= 0.6 is 0 Å². The van der Waals surface area contributed by atoms with Crippen molar-refractivity contribution < 1.29 is 17.9 Å². The molecule has 1 aliphatic heterocycles. The van der Waals surface area contributed by atoms with Crippen LogP contribution in [0.3, 0.4) is 0 Å². The molecule has 1 unspecified atom stereocenters. The number of hydrogen-bond donors (Lipinski definition) is 1. The van der Waals surface area contributed by atoms with E-state index in [-0.39, 0.29) is 0 Å². The van der Waals surface area contributed by atoms with Crippen LogP contribution in [0.15, 0.2) is 24.3 Å². The molecule has 0 radical (unpaired) electrons. The Bertz CT molecular complexity index is 694. The Morgan fingerprint density at radius 2 is 2.13 bits per heavy atom. The molecule has 2 aromatic rings. The first-order chi connectivity index (χ1) is 10.9. The third-order valence-electron chi connectivity index (χ3n) is 4.10. The quantitative estimate of drug-likeness (QED) is 0.908. The molecular formula is C17H19F3N2O. The SMILES string of the molecule is Cc1cc(NCC2CCCOC2)c2ccc(C(F)(F)F)cc2n1. The van der Waals surface area contributed by atoms with Gasteiger partial charge in [0.2, 0.25) is 0 Å². The zero-order chi connectivity index (χ0) is 16.4. The Balaban J connectivity index is 1.87. The minimum atomic E-state index is -4.35. The summed E-state index contributed by atoms with van der Waals surface area (Å²) < 4.78 is 44.0. The summed E-state index contributed by atoms with van der Waals surface area (Å²) in [4.78, 5) is 4.24. The van der Waals surface area contributed by atoms with Gasteiger partial charge in [0.1, 0.15) is 0 Å². The van der Waals surface area contributed by atoms with Gasteiger partial charge in [0.05, 0.1) is 17.7 Å². The fourth-order valence-electron chi connectivity index (χ4n) is 2.91. The smallest absolute Gasteiger partial charge is 0.384 e. The van der Waals surface area contributed by atoms with Crippen LogP contribution in [-0.4, -0.2) is 24.7 Å². The molecule has 1 fully saturated rings. The van der Waals surface area contributed by atoms with E-state index < -0.39 is 11.7 Å². The highest BCUT2D eigenvalue weighted by Crippen LogP contribution is 2.33. The fourth-order valence-corrected chi connectivity index (χ4v) is 2.91. The van der Waals surface area contributed by atoms with Crippen molar-refractivity contribution in [1.82, 2.24) is 4.98 Å². The number of nitrogens with one attached hydrogen (secondary N) is 1. The molecule has 3 nitrogen and oxygen atoms in total. The second kappa shape index (κ2) is 6.35. The number of halogens is 3. The van der Waals surface area contributed by atoms with E-state index >= 15 is 0 Å². The second-order valence-corrected chi connectivity index (χ2v) is 6.00. The van der Waals surface area contributed by atoms with Crippen molar-refractivity contribution in [1.29, 1.82) is 0 Å². The first-order valence-corrected chi connectivity index (χ1v) is 7.74. The summed E-state index contributed by atoms with van der Waals surface area (Å²) in [7, 11) is 0. The van der Waals surface area contributed by atoms with Gasteiger partial charge >= 0.3 is 6.18 Å². The van der Waals surface area contributed by atoms with Gasteiger partial charge in [0.25, 0.3) is 0 Å². The number of fused-ring (bicyclic) bond motifs is 1. The molecule has 0 saturated carbocycles. The fraction of sp³-hybridized carbons (Fsp3) is 0.471. The van der Waals surface area contributed by atoms with E-state index in [0.29, 0.717) is 22.5 Å². The van der Waals surface area contributed by atoms with Crippen molar-refractivity contribution in [2.24, 2.45) is 5.92 Å². The Labute approximate surface area is 132 Å². The van der Waals surface area contributed by atoms with Crippen molar-refractivity contribution in [3.63, 3.8) is 0 Å². The molecule has 23 heavy (non-hydrogen) atoms. The van der Waals surface area contributed by atoms with Crippen molar-refractivity contribution in [2.45, 2.75) is 25.9 Å². The van der Waals surface area contributed by atoms with Crippen molar-refractivity contribution in [3.05, 3.63) is 35.5 Å². The van der Waals surface area contributed by atoms with Crippen LogP contribution < -0.4 is 5.32 Å². The number of anilines is 1. The van der Waals surface area contributed by atoms with Gasteiger partial charge in [-0.15, -0.1) is 0 Å². The van der Waals surface area contributed by atoms with Crippen molar-refractivity contribution >= 4 is 16.6 Å². The van der Waals surface area contributed by atoms with E-state index in [0.717, 1.165) is 50.4 Å². The summed E-state index contributed by atoms with van der Waals surface area (Å²) in [5.74, 6) is 0.432. The topological polar surface area (TPSA) is 34.1 Å². The monoisotopic (exact) mass is 324 g/mol. The molecule has 0 bridgehead atoms. The van der Waals surface area contributed by atoms with E-state index in [2.05, 4.69) is 10.3 Å². The minimum absolute atomic E-state index is 0.363. The molecule has 0 spiro atoms. The largest absolute Gasteiger partial charge is 0.416 e. The lowest BCUT2D eigenvalue weighted by Crippen LogP contribution is -2.24. The average Bonchev–Trinajstić information content (AvgIpc) is 2.52. The van der Waals surface area contributed by atoms with Crippen LogP contribution in [0.5, 0.6) is 0 Å². The maximum atomic E-state index is 12.9. The summed E-state index contributed by atoms with van der Waals surface area (Å²) in [6.45, 7) is 4.08. The van der Waals surface area contributed by atoms with Gasteiger partial charge in [0, 0.05) is 29.9 Å². The van der Waals surface area contributed by atoms with Gasteiger partial charge in [-0.25, -0.2) is 0 Å². The number of hydrogen-bond acceptors (Lipinski definition) is 3. The molecule has 1 N–H and O–H groups in total. The summed E-state index contributed by atoms with van der Waals surface area (Å²) in [5, 5.41) is 4.06. The van der Waals surface area contributed by atoms with Crippen LogP contribution in [0.1, 0.15) is 24.1 Å². The number of aromatic nitrogens is 1. The number of pyridine rings is 1. The summed E-state index contributed by atoms with van der Waals surface area (Å²) in [6.07, 6.45) is -2.20. The average molecular weight is 324 g/mol. The highest BCUT2D eigenvalue weighted by Gasteiger charge is 2.30. The van der Waals surface area contributed by atoms with Crippen molar-refractivity contribution in [3.8, 4) is 0 Å². The van der Waals surface area contributed by atoms with Crippen molar-refractivity contribution in [2.75, 3.05) is 25.1 Å². The van der Waals surface area contributed by atoms with Crippen LogP contribution in [0, 0.1) is 12.8 Å². The molecule has 1 saturated heterocycles. The molecule has 1 aromatic heterocycles. The molecule has 3 rings (SSSR count). The molecule has 1 atom stereocenters. The Morgan fingerprint density at radius 1 is 1.30 bits per heavy atom. The predicted molar refractivity (Wildman–Crippen MR) is 83.5 cm³/mol. The van der Waals surface area contributed by atoms with E-state index in [1.165, 1.54) is 6.07 Å². The maximum absolute atomic E-state index is 12.9. The lowest BCUT2D eigenvalue weighted by atomic mass is 10.0. The molecule has 0 amide bonds. The molecule has 2 heterocycles. The Kier molecular flexibility index (Phi) is 4.43. The maximum Gasteiger partial charge on any atom is 0.416 e. The molecule has 0 aliphatic carbocycles. The van der Waals surface area contributed by atoms with Gasteiger partial charge < -0.3 is 10.1 Å². The normalized spacial score (nSPS) is 19.0. The van der Waals surface area contributed by atoms with Crippen LogP contribution in [0.25, 0.3) is 10.9 Å². The second-order valence-electron chi connectivity index (χ2n) is 6.00. The number of alkyl halides is 3. The third kappa shape index (κ3) is 3.75. The molecule has 1 aliphatic rings. The highest BCUT2D eigenvalue weighted by molar-refractivity contribution is 5.92. The van der Waals surface area contributed by atoms with E-state index in [9.17, 15) is 13.2 Å². The van der Waals surface area contributed by atoms with Crippen LogP contribution in [0.2, 0.25) is 0 Å². The summed E-state index contributed by atoms with van der Waals surface area (Å²) >= 11 is 0. The zero-order valence-corrected chi connectivity index (χ0v) is 12.9. The number of aryl methyl sites for hydroxylation is 1. The number of rotatable bonds is 3. The lowest BCUT2D eigenvalue weighted by molar-refractivity contribution is -0.137. The molecule has 6 heteroatoms. The molecule has 124 valence electrons. The lowest BCUT2D eigenvalue weighted by Gasteiger charge is -2.23. The molecule has 1 aromatic carbocycles. The zero-order valence-electron chi connectivity index (χ0n) is 12.9. The Hall–Kier alpha value is -1.82. The first kappa shape index (κ1) is 16.1. The number of benzene rings is 1. The van der Waals surface area contributed by atoms with Crippen LogP contribution in [0.4, 0.5) is 18.9 Å². The van der Waals surface area contributed by atoms with Gasteiger partial charge in [0.15, 0.2) is 0 Å². The summed E-state index contributed by atoms with van der Waals surface area (Å²) in [6, 6.07) is 5.58. The highest BCUT2D eigenvalue weighted by atomic mass is 19.4. The Morgan fingerprint density at radius 3 is 2.83 bits per heavy atom. The van der Waals surface area contributed by atoms with Gasteiger partial charge in [-0.05, 0) is 43.9 Å². The first-order valence-electron chi connectivity index (χ1n) is 7.74. The minimum Gasteiger partial charge on any atom is -0.384 e. The van der Waals surface area contributed by atoms with E-state index in [4.69, 9.17) is 4.74 Å². The van der Waals surface area contributed by atoms with Crippen LogP contribution in [-0.2, 0) is 10.9 Å². The molecular weight excluding hydrogens is 305 g/mol. The number of nitrogens with zero attached hydrogens (tertiary/aromatic N) is 1. The standard InChI is InChI=1S/C17H19F3N2O/c1-11-7-15(21-9-12-3-2-6-23-10-12)14-5-4-13(17(18,19)20)8-16(14)22-11/h4-5,7-8,12H,2-3,6,9-10H2,1H3,(H,21,22). The predicted octanol–water partition coefficient (Wildman–Crippen LogP) is 4.40. The van der Waals surface area contributed by atoms with E-state index in [1.54, 1.807) is 6.92 Å². The summed E-state index contributed by atoms with van der Waals surface area (Å²) in [5.41, 5.74) is 1.21.